The summed E-state index contributed by atoms with van der Waals surface area (Å²) >= 11 is 0. The van der Waals surface area contributed by atoms with Crippen LogP contribution in [0.4, 0.5) is 17.5 Å². The molecule has 5 heteroatoms. The Morgan fingerprint density at radius 2 is 1.68 bits per heavy atom. The van der Waals surface area contributed by atoms with Gasteiger partial charge in [0.05, 0.1) is 6.20 Å². The molecule has 1 aromatic heterocycles. The van der Waals surface area contributed by atoms with Crippen molar-refractivity contribution in [2.45, 2.75) is 40.0 Å². The summed E-state index contributed by atoms with van der Waals surface area (Å²) in [5, 5.41) is 11.5. The smallest absolute Gasteiger partial charge is 0.247 e. The molecule has 1 aromatic carbocycles. The summed E-state index contributed by atoms with van der Waals surface area (Å²) in [4.78, 5) is 6.77. The molecule has 0 aliphatic carbocycles. The number of nitrogens with one attached hydrogen (secondary N) is 1. The summed E-state index contributed by atoms with van der Waals surface area (Å²) in [6, 6.07) is 8.38. The Hall–Kier alpha value is -2.17. The van der Waals surface area contributed by atoms with Crippen molar-refractivity contribution in [3.05, 3.63) is 36.0 Å². The third kappa shape index (κ3) is 4.41. The van der Waals surface area contributed by atoms with E-state index in [1.165, 1.54) is 5.56 Å². The van der Waals surface area contributed by atoms with Crippen LogP contribution in [0, 0.1) is 0 Å². The molecule has 1 N–H and O–H groups in total. The molecule has 118 valence electrons. The number of aromatic nitrogens is 3. The van der Waals surface area contributed by atoms with Gasteiger partial charge in [-0.25, -0.2) is 0 Å². The zero-order chi connectivity index (χ0) is 15.8. The van der Waals surface area contributed by atoms with E-state index in [4.69, 9.17) is 0 Å². The summed E-state index contributed by atoms with van der Waals surface area (Å²) in [5.41, 5.74) is 2.34. The molecule has 0 atom stereocenters. The molecule has 0 radical (unpaired) electrons. The van der Waals surface area contributed by atoms with Crippen molar-refractivity contribution in [2.75, 3.05) is 23.3 Å². The first kappa shape index (κ1) is 16.2. The molecule has 0 bridgehead atoms. The lowest BCUT2D eigenvalue weighted by atomic mass is 10.1. The minimum absolute atomic E-state index is 0.693. The average molecular weight is 299 g/mol. The van der Waals surface area contributed by atoms with Gasteiger partial charge < -0.3 is 10.2 Å². The van der Waals surface area contributed by atoms with Crippen LogP contribution in [0.2, 0.25) is 0 Å². The van der Waals surface area contributed by atoms with Crippen molar-refractivity contribution in [2.24, 2.45) is 0 Å². The zero-order valence-corrected chi connectivity index (χ0v) is 13.7. The normalized spacial score (nSPS) is 10.5. The van der Waals surface area contributed by atoms with Gasteiger partial charge >= 0.3 is 0 Å². The number of rotatable bonds is 8. The van der Waals surface area contributed by atoms with Gasteiger partial charge in [0.15, 0.2) is 5.82 Å². The molecule has 22 heavy (non-hydrogen) atoms. The lowest BCUT2D eigenvalue weighted by molar-refractivity contribution is 0.711. The van der Waals surface area contributed by atoms with Crippen molar-refractivity contribution in [1.29, 1.82) is 0 Å². The summed E-state index contributed by atoms with van der Waals surface area (Å²) in [5.74, 6) is 1.42. The second-order valence-corrected chi connectivity index (χ2v) is 5.30. The van der Waals surface area contributed by atoms with E-state index in [2.05, 4.69) is 70.4 Å². The third-order valence-electron chi connectivity index (χ3n) is 3.45. The molecule has 1 heterocycles. The second kappa shape index (κ2) is 8.32. The van der Waals surface area contributed by atoms with Gasteiger partial charge in [-0.15, -0.1) is 5.10 Å². The van der Waals surface area contributed by atoms with Crippen LogP contribution in [0.15, 0.2) is 30.5 Å². The quantitative estimate of drug-likeness (QED) is 0.803. The topological polar surface area (TPSA) is 53.9 Å². The number of anilines is 3. The molecule has 0 aliphatic heterocycles. The predicted octanol–water partition coefficient (Wildman–Crippen LogP) is 3.80. The van der Waals surface area contributed by atoms with Crippen LogP contribution < -0.4 is 10.2 Å². The summed E-state index contributed by atoms with van der Waals surface area (Å²) in [7, 11) is 0. The first-order valence-corrected chi connectivity index (χ1v) is 8.07. The van der Waals surface area contributed by atoms with Crippen molar-refractivity contribution in [3.63, 3.8) is 0 Å². The predicted molar refractivity (Wildman–Crippen MR) is 91.7 cm³/mol. The van der Waals surface area contributed by atoms with Gasteiger partial charge in [0.1, 0.15) is 0 Å². The molecule has 2 rings (SSSR count). The molecular formula is C17H25N5. The van der Waals surface area contributed by atoms with Crippen LogP contribution in [0.1, 0.15) is 39.2 Å². The summed E-state index contributed by atoms with van der Waals surface area (Å²) in [6.07, 6.45) is 4.84. The Balaban J connectivity index is 2.12. The fourth-order valence-electron chi connectivity index (χ4n) is 2.31. The van der Waals surface area contributed by atoms with E-state index in [9.17, 15) is 0 Å². The maximum atomic E-state index is 4.59. The highest BCUT2D eigenvalue weighted by molar-refractivity contribution is 5.56. The van der Waals surface area contributed by atoms with Gasteiger partial charge in [-0.2, -0.15) is 10.1 Å². The highest BCUT2D eigenvalue weighted by atomic mass is 15.3. The van der Waals surface area contributed by atoms with Crippen LogP contribution in [-0.4, -0.2) is 28.3 Å². The van der Waals surface area contributed by atoms with Gasteiger partial charge in [0.2, 0.25) is 5.95 Å². The minimum Gasteiger partial charge on any atom is -0.339 e. The number of nitrogens with zero attached hydrogens (tertiary/aromatic N) is 4. The fourth-order valence-corrected chi connectivity index (χ4v) is 2.31. The van der Waals surface area contributed by atoms with Crippen LogP contribution in [0.25, 0.3) is 0 Å². The van der Waals surface area contributed by atoms with Gasteiger partial charge in [-0.05, 0) is 37.0 Å². The van der Waals surface area contributed by atoms with Gasteiger partial charge in [-0.1, -0.05) is 32.9 Å². The Morgan fingerprint density at radius 3 is 2.27 bits per heavy atom. The third-order valence-corrected chi connectivity index (χ3v) is 3.45. The Morgan fingerprint density at radius 1 is 1.00 bits per heavy atom. The first-order chi connectivity index (χ1) is 10.8. The molecule has 0 amide bonds. The Labute approximate surface area is 132 Å². The molecule has 2 aromatic rings. The molecule has 0 fully saturated rings. The summed E-state index contributed by atoms with van der Waals surface area (Å²) < 4.78 is 0. The highest BCUT2D eigenvalue weighted by Gasteiger charge is 2.09. The lowest BCUT2D eigenvalue weighted by Crippen LogP contribution is -2.27. The van der Waals surface area contributed by atoms with Crippen molar-refractivity contribution in [3.8, 4) is 0 Å². The monoisotopic (exact) mass is 299 g/mol. The maximum absolute atomic E-state index is 4.59. The van der Waals surface area contributed by atoms with Crippen LogP contribution in [-0.2, 0) is 6.42 Å². The number of benzene rings is 1. The zero-order valence-electron chi connectivity index (χ0n) is 13.7. The fraction of sp³-hybridized carbons (Fsp3) is 0.471. The largest absolute Gasteiger partial charge is 0.339 e. The molecule has 0 spiro atoms. The van der Waals surface area contributed by atoms with Crippen LogP contribution >= 0.6 is 0 Å². The summed E-state index contributed by atoms with van der Waals surface area (Å²) in [6.45, 7) is 8.37. The molecule has 0 unspecified atom stereocenters. The Kier molecular flexibility index (Phi) is 6.13. The van der Waals surface area contributed by atoms with Crippen molar-refractivity contribution < 1.29 is 0 Å². The van der Waals surface area contributed by atoms with Crippen molar-refractivity contribution in [1.82, 2.24) is 15.2 Å². The van der Waals surface area contributed by atoms with E-state index in [0.29, 0.717) is 5.95 Å². The van der Waals surface area contributed by atoms with E-state index < -0.39 is 0 Å². The molecule has 5 nitrogen and oxygen atoms in total. The standard InChI is InChI=1S/C17H25N5/c1-4-11-22(12-5-2)17-20-16(13-18-21-17)19-15-9-7-14(6-3)8-10-15/h7-10,13H,4-6,11-12H2,1-3H3,(H,19,20,21). The molecule has 0 aliphatic rings. The van der Waals surface area contributed by atoms with E-state index in [1.54, 1.807) is 6.20 Å². The molecular weight excluding hydrogens is 274 g/mol. The van der Waals surface area contributed by atoms with E-state index in [0.717, 1.165) is 43.9 Å². The van der Waals surface area contributed by atoms with Crippen molar-refractivity contribution >= 4 is 17.5 Å². The Bertz CT molecular complexity index is 562. The minimum atomic E-state index is 0.693. The number of aryl methyl sites for hydroxylation is 1. The second-order valence-electron chi connectivity index (χ2n) is 5.30. The SMILES string of the molecule is CCCN(CCC)c1nncc(Nc2ccc(CC)cc2)n1. The van der Waals surface area contributed by atoms with Gasteiger partial charge in [0.25, 0.3) is 0 Å². The number of hydrogen-bond donors (Lipinski definition) is 1. The van der Waals surface area contributed by atoms with E-state index >= 15 is 0 Å². The van der Waals surface area contributed by atoms with Crippen LogP contribution in [0.3, 0.4) is 0 Å². The van der Waals surface area contributed by atoms with Gasteiger partial charge in [0, 0.05) is 18.8 Å². The lowest BCUT2D eigenvalue weighted by Gasteiger charge is -2.21. The van der Waals surface area contributed by atoms with E-state index in [1.807, 2.05) is 0 Å². The highest BCUT2D eigenvalue weighted by Crippen LogP contribution is 2.17. The first-order valence-electron chi connectivity index (χ1n) is 8.07. The number of hydrogen-bond acceptors (Lipinski definition) is 5. The molecule has 0 saturated heterocycles. The maximum Gasteiger partial charge on any atom is 0.247 e. The average Bonchev–Trinajstić information content (AvgIpc) is 2.56. The molecule has 0 saturated carbocycles. The van der Waals surface area contributed by atoms with E-state index in [-0.39, 0.29) is 0 Å². The van der Waals surface area contributed by atoms with Crippen LogP contribution in [0.5, 0.6) is 0 Å². The van der Waals surface area contributed by atoms with Gasteiger partial charge in [-0.3, -0.25) is 0 Å².